The molecule has 7 heteroatoms. The molecule has 0 atom stereocenters. The highest BCUT2D eigenvalue weighted by Gasteiger charge is 2.24. The fourth-order valence-electron chi connectivity index (χ4n) is 1.95. The standard InChI is InChI=1S/C11H20N2O4S/c14-9-12-4-1-5-13-11(15)8-10-2-6-18(16,17)7-3-10/h9-10H,1-8H2,(H,12,14)(H,13,15). The maximum absolute atomic E-state index is 11.6. The van der Waals surface area contributed by atoms with Crippen LogP contribution < -0.4 is 10.6 Å². The minimum atomic E-state index is -2.85. The second kappa shape index (κ2) is 7.35. The van der Waals surface area contributed by atoms with Crippen molar-refractivity contribution in [3.05, 3.63) is 0 Å². The van der Waals surface area contributed by atoms with Crippen molar-refractivity contribution in [3.8, 4) is 0 Å². The van der Waals surface area contributed by atoms with Crippen molar-refractivity contribution in [3.63, 3.8) is 0 Å². The van der Waals surface area contributed by atoms with Crippen LogP contribution in [0.5, 0.6) is 0 Å². The number of rotatable bonds is 7. The van der Waals surface area contributed by atoms with E-state index in [9.17, 15) is 18.0 Å². The van der Waals surface area contributed by atoms with Crippen molar-refractivity contribution in [1.29, 1.82) is 0 Å². The number of hydrogen-bond donors (Lipinski definition) is 2. The maximum atomic E-state index is 11.6. The number of sulfone groups is 1. The normalized spacial score (nSPS) is 19.1. The van der Waals surface area contributed by atoms with Gasteiger partial charge in [0.15, 0.2) is 0 Å². The van der Waals surface area contributed by atoms with Gasteiger partial charge in [0.05, 0.1) is 11.5 Å². The van der Waals surface area contributed by atoms with E-state index in [2.05, 4.69) is 10.6 Å². The monoisotopic (exact) mass is 276 g/mol. The Bertz CT molecular complexity index is 367. The zero-order valence-corrected chi connectivity index (χ0v) is 11.2. The molecule has 1 aliphatic rings. The molecule has 0 saturated carbocycles. The average molecular weight is 276 g/mol. The Morgan fingerprint density at radius 1 is 1.22 bits per heavy atom. The van der Waals surface area contributed by atoms with E-state index in [-0.39, 0.29) is 23.3 Å². The zero-order valence-electron chi connectivity index (χ0n) is 10.4. The van der Waals surface area contributed by atoms with Gasteiger partial charge in [-0.3, -0.25) is 9.59 Å². The van der Waals surface area contributed by atoms with Gasteiger partial charge in [0, 0.05) is 19.5 Å². The number of nitrogens with one attached hydrogen (secondary N) is 2. The second-order valence-corrected chi connectivity index (χ2v) is 6.88. The number of amides is 2. The van der Waals surface area contributed by atoms with Crippen LogP contribution in [0.3, 0.4) is 0 Å². The van der Waals surface area contributed by atoms with Gasteiger partial charge in [0.2, 0.25) is 12.3 Å². The SMILES string of the molecule is O=CNCCCNC(=O)CC1CCS(=O)(=O)CC1. The predicted molar refractivity (Wildman–Crippen MR) is 67.7 cm³/mol. The van der Waals surface area contributed by atoms with E-state index in [0.29, 0.717) is 45.2 Å². The van der Waals surface area contributed by atoms with E-state index in [1.807, 2.05) is 0 Å². The zero-order chi connectivity index (χ0) is 13.4. The van der Waals surface area contributed by atoms with E-state index >= 15 is 0 Å². The summed E-state index contributed by atoms with van der Waals surface area (Å²) >= 11 is 0. The van der Waals surface area contributed by atoms with Gasteiger partial charge in [-0.1, -0.05) is 0 Å². The van der Waals surface area contributed by atoms with E-state index in [4.69, 9.17) is 0 Å². The largest absolute Gasteiger partial charge is 0.359 e. The van der Waals surface area contributed by atoms with E-state index < -0.39 is 9.84 Å². The first-order valence-corrected chi connectivity index (χ1v) is 8.00. The number of carbonyl (C=O) groups excluding carboxylic acids is 2. The minimum absolute atomic E-state index is 0.0367. The van der Waals surface area contributed by atoms with Gasteiger partial charge < -0.3 is 10.6 Å². The lowest BCUT2D eigenvalue weighted by atomic mass is 9.98. The summed E-state index contributed by atoms with van der Waals surface area (Å²) in [7, 11) is -2.85. The highest BCUT2D eigenvalue weighted by Crippen LogP contribution is 2.21. The number of hydrogen-bond acceptors (Lipinski definition) is 4. The first-order valence-electron chi connectivity index (χ1n) is 6.17. The summed E-state index contributed by atoms with van der Waals surface area (Å²) in [5.74, 6) is 0.551. The van der Waals surface area contributed by atoms with Crippen molar-refractivity contribution in [2.24, 2.45) is 5.92 Å². The molecule has 1 fully saturated rings. The fraction of sp³-hybridized carbons (Fsp3) is 0.818. The van der Waals surface area contributed by atoms with Crippen LogP contribution in [0.1, 0.15) is 25.7 Å². The Kier molecular flexibility index (Phi) is 6.11. The fourth-order valence-corrected chi connectivity index (χ4v) is 3.54. The maximum Gasteiger partial charge on any atom is 0.220 e. The first kappa shape index (κ1) is 14.9. The molecule has 0 aromatic heterocycles. The summed E-state index contributed by atoms with van der Waals surface area (Å²) in [5.41, 5.74) is 0. The first-order chi connectivity index (χ1) is 8.53. The minimum Gasteiger partial charge on any atom is -0.359 e. The Morgan fingerprint density at radius 3 is 2.50 bits per heavy atom. The lowest BCUT2D eigenvalue weighted by Crippen LogP contribution is -2.31. The second-order valence-electron chi connectivity index (χ2n) is 4.57. The van der Waals surface area contributed by atoms with Crippen molar-refractivity contribution in [2.75, 3.05) is 24.6 Å². The third-order valence-corrected chi connectivity index (χ3v) is 4.77. The molecule has 2 amide bonds. The van der Waals surface area contributed by atoms with Crippen molar-refractivity contribution in [2.45, 2.75) is 25.7 Å². The predicted octanol–water partition coefficient (Wildman–Crippen LogP) is -0.546. The molecule has 18 heavy (non-hydrogen) atoms. The third-order valence-electron chi connectivity index (χ3n) is 3.05. The molecule has 1 aliphatic heterocycles. The van der Waals surface area contributed by atoms with Crippen LogP contribution in [0.25, 0.3) is 0 Å². The Balaban J connectivity index is 2.11. The van der Waals surface area contributed by atoms with Crippen LogP contribution in [0.2, 0.25) is 0 Å². The van der Waals surface area contributed by atoms with Crippen LogP contribution in [0.4, 0.5) is 0 Å². The van der Waals surface area contributed by atoms with Gasteiger partial charge in [-0.25, -0.2) is 8.42 Å². The molecule has 1 saturated heterocycles. The lowest BCUT2D eigenvalue weighted by molar-refractivity contribution is -0.122. The van der Waals surface area contributed by atoms with E-state index in [1.165, 1.54) is 0 Å². The molecule has 1 heterocycles. The summed E-state index contributed by atoms with van der Waals surface area (Å²) < 4.78 is 22.4. The molecule has 2 N–H and O–H groups in total. The third kappa shape index (κ3) is 6.00. The molecular weight excluding hydrogens is 256 g/mol. The molecule has 0 aromatic carbocycles. The van der Waals surface area contributed by atoms with Crippen molar-refractivity contribution in [1.82, 2.24) is 10.6 Å². The van der Waals surface area contributed by atoms with Gasteiger partial charge >= 0.3 is 0 Å². The molecule has 104 valence electrons. The van der Waals surface area contributed by atoms with Crippen molar-refractivity contribution >= 4 is 22.2 Å². The van der Waals surface area contributed by atoms with Crippen LogP contribution in [-0.2, 0) is 19.4 Å². The Labute approximate surface area is 107 Å². The number of carbonyl (C=O) groups is 2. The quantitative estimate of drug-likeness (QED) is 0.482. The van der Waals surface area contributed by atoms with Gasteiger partial charge in [-0.15, -0.1) is 0 Å². The topological polar surface area (TPSA) is 92.3 Å². The summed E-state index contributed by atoms with van der Waals surface area (Å²) in [6.45, 7) is 1.08. The molecule has 6 nitrogen and oxygen atoms in total. The van der Waals surface area contributed by atoms with Crippen molar-refractivity contribution < 1.29 is 18.0 Å². The molecule has 0 aromatic rings. The highest BCUT2D eigenvalue weighted by molar-refractivity contribution is 7.91. The molecule has 0 unspecified atom stereocenters. The average Bonchev–Trinajstić information content (AvgIpc) is 2.32. The molecule has 0 spiro atoms. The molecular formula is C11H20N2O4S. The summed E-state index contributed by atoms with van der Waals surface area (Å²) in [5, 5.41) is 5.28. The van der Waals surface area contributed by atoms with Gasteiger partial charge in [0.1, 0.15) is 9.84 Å². The lowest BCUT2D eigenvalue weighted by Gasteiger charge is -2.21. The summed E-state index contributed by atoms with van der Waals surface area (Å²) in [4.78, 5) is 21.5. The van der Waals surface area contributed by atoms with Gasteiger partial charge in [-0.2, -0.15) is 0 Å². The smallest absolute Gasteiger partial charge is 0.220 e. The van der Waals surface area contributed by atoms with Crippen LogP contribution in [0.15, 0.2) is 0 Å². The van der Waals surface area contributed by atoms with Crippen LogP contribution in [0, 0.1) is 5.92 Å². The van der Waals surface area contributed by atoms with E-state index in [1.54, 1.807) is 0 Å². The summed E-state index contributed by atoms with van der Waals surface area (Å²) in [6, 6.07) is 0. The molecule has 0 aliphatic carbocycles. The summed E-state index contributed by atoms with van der Waals surface area (Å²) in [6.07, 6.45) is 2.90. The molecule has 0 bridgehead atoms. The van der Waals surface area contributed by atoms with Gasteiger partial charge in [0.25, 0.3) is 0 Å². The molecule has 0 radical (unpaired) electrons. The Morgan fingerprint density at radius 2 is 1.89 bits per heavy atom. The van der Waals surface area contributed by atoms with E-state index in [0.717, 1.165) is 0 Å². The Hall–Kier alpha value is -1.11. The van der Waals surface area contributed by atoms with Crippen LogP contribution >= 0.6 is 0 Å². The highest BCUT2D eigenvalue weighted by atomic mass is 32.2. The van der Waals surface area contributed by atoms with Gasteiger partial charge in [-0.05, 0) is 25.2 Å². The van der Waals surface area contributed by atoms with Crippen LogP contribution in [-0.4, -0.2) is 45.3 Å². The molecule has 1 rings (SSSR count).